The average molecular weight is 338 g/mol. The number of ether oxygens (including phenoxy) is 1. The molecule has 1 unspecified atom stereocenters. The molecule has 128 valence electrons. The molecule has 1 N–H and O–H groups in total. The number of benzene rings is 2. The summed E-state index contributed by atoms with van der Waals surface area (Å²) in [4.78, 5) is 23.8. The van der Waals surface area contributed by atoms with Crippen LogP contribution in [0.5, 0.6) is 5.75 Å². The van der Waals surface area contributed by atoms with Crippen LogP contribution in [0.25, 0.3) is 11.0 Å². The molecule has 0 bridgehead atoms. The van der Waals surface area contributed by atoms with Crippen molar-refractivity contribution in [1.82, 2.24) is 0 Å². The molecule has 0 spiro atoms. The highest BCUT2D eigenvalue weighted by Gasteiger charge is 2.21. The number of carboxylic acids is 1. The standard InChI is InChI=1S/C20H18O5/c1-3-16-18(15-6-4-5-7-17(15)25-16)19(21)13-8-10-14(11-9-13)24-12(2)20(22)23/h4-12H,3H2,1-2H3,(H,22,23). The van der Waals surface area contributed by atoms with Crippen LogP contribution in [0, 0.1) is 0 Å². The van der Waals surface area contributed by atoms with Gasteiger partial charge in [-0.2, -0.15) is 0 Å². The fourth-order valence-corrected chi connectivity index (χ4v) is 2.68. The van der Waals surface area contributed by atoms with Gasteiger partial charge in [-0.3, -0.25) is 4.79 Å². The first-order chi connectivity index (χ1) is 12.0. The van der Waals surface area contributed by atoms with Crippen LogP contribution in [0.3, 0.4) is 0 Å². The molecular weight excluding hydrogens is 320 g/mol. The Morgan fingerprint density at radius 1 is 1.12 bits per heavy atom. The summed E-state index contributed by atoms with van der Waals surface area (Å²) in [6.07, 6.45) is -0.335. The van der Waals surface area contributed by atoms with E-state index in [2.05, 4.69) is 0 Å². The van der Waals surface area contributed by atoms with Crippen LogP contribution in [-0.2, 0) is 11.2 Å². The highest BCUT2D eigenvalue weighted by atomic mass is 16.5. The van der Waals surface area contributed by atoms with E-state index in [0.29, 0.717) is 34.6 Å². The highest BCUT2D eigenvalue weighted by Crippen LogP contribution is 2.29. The van der Waals surface area contributed by atoms with Gasteiger partial charge in [0.1, 0.15) is 17.1 Å². The van der Waals surface area contributed by atoms with Gasteiger partial charge in [0.25, 0.3) is 0 Å². The molecule has 5 heteroatoms. The first-order valence-corrected chi connectivity index (χ1v) is 8.06. The summed E-state index contributed by atoms with van der Waals surface area (Å²) in [5.74, 6) is -0.109. The maximum Gasteiger partial charge on any atom is 0.344 e. The van der Waals surface area contributed by atoms with E-state index in [1.54, 1.807) is 24.3 Å². The second-order valence-corrected chi connectivity index (χ2v) is 5.70. The maximum absolute atomic E-state index is 12.9. The van der Waals surface area contributed by atoms with E-state index in [4.69, 9.17) is 14.3 Å². The van der Waals surface area contributed by atoms with Crippen molar-refractivity contribution < 1.29 is 23.8 Å². The highest BCUT2D eigenvalue weighted by molar-refractivity contribution is 6.16. The third-order valence-corrected chi connectivity index (χ3v) is 3.99. The first-order valence-electron chi connectivity index (χ1n) is 8.06. The Bertz CT molecular complexity index is 921. The van der Waals surface area contributed by atoms with Gasteiger partial charge in [-0.1, -0.05) is 25.1 Å². The quantitative estimate of drug-likeness (QED) is 0.685. The summed E-state index contributed by atoms with van der Waals surface area (Å²) in [7, 11) is 0. The predicted octanol–water partition coefficient (Wildman–Crippen LogP) is 4.08. The fourth-order valence-electron chi connectivity index (χ4n) is 2.68. The number of para-hydroxylation sites is 1. The number of aryl methyl sites for hydroxylation is 1. The molecule has 0 radical (unpaired) electrons. The van der Waals surface area contributed by atoms with Crippen LogP contribution in [0.4, 0.5) is 0 Å². The zero-order chi connectivity index (χ0) is 18.0. The molecule has 1 heterocycles. The van der Waals surface area contributed by atoms with Gasteiger partial charge in [-0.05, 0) is 37.3 Å². The Balaban J connectivity index is 1.92. The minimum Gasteiger partial charge on any atom is -0.479 e. The topological polar surface area (TPSA) is 76.7 Å². The van der Waals surface area contributed by atoms with Gasteiger partial charge < -0.3 is 14.3 Å². The molecular formula is C20H18O5. The molecule has 0 amide bonds. The SMILES string of the molecule is CCc1oc2ccccc2c1C(=O)c1ccc(OC(C)C(=O)O)cc1. The molecule has 0 saturated heterocycles. The second kappa shape index (κ2) is 6.81. The molecule has 0 saturated carbocycles. The van der Waals surface area contributed by atoms with Crippen molar-refractivity contribution in [3.05, 3.63) is 65.4 Å². The zero-order valence-electron chi connectivity index (χ0n) is 14.0. The molecule has 25 heavy (non-hydrogen) atoms. The van der Waals surface area contributed by atoms with E-state index in [9.17, 15) is 9.59 Å². The van der Waals surface area contributed by atoms with Crippen LogP contribution < -0.4 is 4.74 Å². The number of hydrogen-bond donors (Lipinski definition) is 1. The lowest BCUT2D eigenvalue weighted by molar-refractivity contribution is -0.144. The number of carbonyl (C=O) groups is 2. The molecule has 3 rings (SSSR count). The van der Waals surface area contributed by atoms with Crippen LogP contribution in [0.2, 0.25) is 0 Å². The smallest absolute Gasteiger partial charge is 0.344 e. The van der Waals surface area contributed by atoms with Crippen molar-refractivity contribution >= 4 is 22.7 Å². The van der Waals surface area contributed by atoms with Gasteiger partial charge in [-0.15, -0.1) is 0 Å². The molecule has 2 aromatic carbocycles. The van der Waals surface area contributed by atoms with E-state index >= 15 is 0 Å². The van der Waals surface area contributed by atoms with Crippen LogP contribution in [0.1, 0.15) is 35.5 Å². The Morgan fingerprint density at radius 2 is 1.80 bits per heavy atom. The van der Waals surface area contributed by atoms with E-state index in [-0.39, 0.29) is 5.78 Å². The number of furan rings is 1. The predicted molar refractivity (Wildman–Crippen MR) is 93.2 cm³/mol. The second-order valence-electron chi connectivity index (χ2n) is 5.70. The van der Waals surface area contributed by atoms with Gasteiger partial charge in [0.15, 0.2) is 11.9 Å². The molecule has 0 fully saturated rings. The summed E-state index contributed by atoms with van der Waals surface area (Å²) in [6, 6.07) is 13.9. The minimum absolute atomic E-state index is 0.125. The normalized spacial score (nSPS) is 12.1. The van der Waals surface area contributed by atoms with Gasteiger partial charge in [-0.25, -0.2) is 4.79 Å². The summed E-state index contributed by atoms with van der Waals surface area (Å²) in [5.41, 5.74) is 1.76. The van der Waals surface area contributed by atoms with Gasteiger partial charge in [0, 0.05) is 17.4 Å². The van der Waals surface area contributed by atoms with Crippen molar-refractivity contribution in [3.63, 3.8) is 0 Å². The number of carbonyl (C=O) groups excluding carboxylic acids is 1. The van der Waals surface area contributed by atoms with Crippen molar-refractivity contribution in [3.8, 4) is 5.75 Å². The molecule has 1 aromatic heterocycles. The van der Waals surface area contributed by atoms with Crippen molar-refractivity contribution in [2.45, 2.75) is 26.4 Å². The third-order valence-electron chi connectivity index (χ3n) is 3.99. The number of hydrogen-bond acceptors (Lipinski definition) is 4. The van der Waals surface area contributed by atoms with Gasteiger partial charge in [0.05, 0.1) is 5.56 Å². The maximum atomic E-state index is 12.9. The van der Waals surface area contributed by atoms with Crippen molar-refractivity contribution in [1.29, 1.82) is 0 Å². The van der Waals surface area contributed by atoms with Gasteiger partial charge >= 0.3 is 5.97 Å². The summed E-state index contributed by atoms with van der Waals surface area (Å²) < 4.78 is 11.1. The van der Waals surface area contributed by atoms with E-state index in [1.807, 2.05) is 31.2 Å². The lowest BCUT2D eigenvalue weighted by Crippen LogP contribution is -2.22. The molecule has 5 nitrogen and oxygen atoms in total. The summed E-state index contributed by atoms with van der Waals surface area (Å²) in [6.45, 7) is 3.39. The Hall–Kier alpha value is -3.08. The van der Waals surface area contributed by atoms with Crippen LogP contribution in [-0.4, -0.2) is 23.0 Å². The van der Waals surface area contributed by atoms with E-state index in [0.717, 1.165) is 5.39 Å². The summed E-state index contributed by atoms with van der Waals surface area (Å²) >= 11 is 0. The van der Waals surface area contributed by atoms with Crippen molar-refractivity contribution in [2.24, 2.45) is 0 Å². The Kier molecular flexibility index (Phi) is 4.57. The summed E-state index contributed by atoms with van der Waals surface area (Å²) in [5, 5.41) is 9.68. The largest absolute Gasteiger partial charge is 0.479 e. The fraction of sp³-hybridized carbons (Fsp3) is 0.200. The molecule has 0 aliphatic carbocycles. The zero-order valence-corrected chi connectivity index (χ0v) is 14.0. The number of ketones is 1. The molecule has 1 atom stereocenters. The lowest BCUT2D eigenvalue weighted by Gasteiger charge is -2.10. The third kappa shape index (κ3) is 3.26. The Morgan fingerprint density at radius 3 is 2.44 bits per heavy atom. The number of aliphatic carboxylic acids is 1. The minimum atomic E-state index is -1.04. The monoisotopic (exact) mass is 338 g/mol. The van der Waals surface area contributed by atoms with E-state index in [1.165, 1.54) is 6.92 Å². The molecule has 0 aliphatic rings. The first kappa shape index (κ1) is 16.8. The lowest BCUT2D eigenvalue weighted by atomic mass is 9.99. The van der Waals surface area contributed by atoms with Crippen LogP contribution in [0.15, 0.2) is 52.9 Å². The van der Waals surface area contributed by atoms with Crippen molar-refractivity contribution in [2.75, 3.05) is 0 Å². The molecule has 3 aromatic rings. The molecule has 0 aliphatic heterocycles. The number of rotatable bonds is 6. The number of fused-ring (bicyclic) bond motifs is 1. The Labute approximate surface area is 144 Å². The van der Waals surface area contributed by atoms with Crippen LogP contribution >= 0.6 is 0 Å². The van der Waals surface area contributed by atoms with E-state index < -0.39 is 12.1 Å². The number of carboxylic acid groups (broad SMARTS) is 1. The average Bonchev–Trinajstić information content (AvgIpc) is 3.00. The van der Waals surface area contributed by atoms with Gasteiger partial charge in [0.2, 0.25) is 0 Å².